The van der Waals surface area contributed by atoms with Crippen molar-refractivity contribution in [2.75, 3.05) is 0 Å². The van der Waals surface area contributed by atoms with Crippen LogP contribution in [0.15, 0.2) is 60.9 Å². The summed E-state index contributed by atoms with van der Waals surface area (Å²) in [6.07, 6.45) is 4.19. The van der Waals surface area contributed by atoms with E-state index in [-0.39, 0.29) is 0 Å². The van der Waals surface area contributed by atoms with Crippen molar-refractivity contribution in [2.45, 2.75) is 11.6 Å². The van der Waals surface area contributed by atoms with Gasteiger partial charge < -0.3 is 0 Å². The number of pyridine rings is 1. The van der Waals surface area contributed by atoms with Crippen LogP contribution in [0.5, 0.6) is 0 Å². The number of benzene rings is 1. The second-order valence-electron chi connectivity index (χ2n) is 3.35. The van der Waals surface area contributed by atoms with Crippen LogP contribution in [-0.4, -0.2) is 0 Å². The molecule has 1 aromatic heterocycles. The van der Waals surface area contributed by atoms with Gasteiger partial charge >= 0.3 is 0 Å². The molecule has 0 radical (unpaired) electrons. The Morgan fingerprint density at radius 2 is 1.53 bits per heavy atom. The van der Waals surface area contributed by atoms with Crippen molar-refractivity contribution in [1.82, 2.24) is 0 Å². The van der Waals surface area contributed by atoms with E-state index in [4.69, 9.17) is 0 Å². The summed E-state index contributed by atoms with van der Waals surface area (Å²) in [7, 11) is 0. The van der Waals surface area contributed by atoms with E-state index in [1.54, 1.807) is 0 Å². The first-order valence-corrected chi connectivity index (χ1v) is 6.16. The number of aromatic nitrogens is 1. The maximum Gasteiger partial charge on any atom is 0.194 e. The van der Waals surface area contributed by atoms with Gasteiger partial charge in [0.15, 0.2) is 18.3 Å². The third-order valence-electron chi connectivity index (χ3n) is 2.13. The van der Waals surface area contributed by atoms with Crippen molar-refractivity contribution in [1.29, 1.82) is 0 Å². The quantitative estimate of drug-likeness (QED) is 0.711. The van der Waals surface area contributed by atoms with Crippen LogP contribution in [0.3, 0.4) is 0 Å². The van der Waals surface area contributed by atoms with Crippen molar-refractivity contribution >= 4 is 11.8 Å². The minimum absolute atomic E-state index is 1.01. The van der Waals surface area contributed by atoms with Crippen LogP contribution >= 0.6 is 11.8 Å². The zero-order valence-corrected chi connectivity index (χ0v) is 9.36. The Bertz CT molecular complexity index is 346. The van der Waals surface area contributed by atoms with Crippen molar-refractivity contribution in [3.63, 3.8) is 0 Å². The van der Waals surface area contributed by atoms with E-state index in [1.165, 1.54) is 5.56 Å². The average Bonchev–Trinajstić information content (AvgIpc) is 2.32. The molecule has 0 saturated carbocycles. The molecule has 0 bridgehead atoms. The van der Waals surface area contributed by atoms with E-state index in [9.17, 15) is 0 Å². The summed E-state index contributed by atoms with van der Waals surface area (Å²) >= 11 is 1.92. The molecule has 0 amide bonds. The number of rotatable bonds is 4. The lowest BCUT2D eigenvalue weighted by molar-refractivity contribution is -0.676. The highest BCUT2D eigenvalue weighted by Crippen LogP contribution is 2.10. The zero-order valence-electron chi connectivity index (χ0n) is 8.54. The van der Waals surface area contributed by atoms with Crippen LogP contribution < -0.4 is 4.57 Å². The van der Waals surface area contributed by atoms with Crippen molar-refractivity contribution in [3.05, 3.63) is 66.5 Å². The number of hydrogen-bond acceptors (Lipinski definition) is 1. The molecule has 1 aromatic carbocycles. The van der Waals surface area contributed by atoms with E-state index in [0.29, 0.717) is 0 Å². The molecule has 0 atom stereocenters. The lowest BCUT2D eigenvalue weighted by atomic mass is 10.2. The fourth-order valence-corrected chi connectivity index (χ4v) is 2.27. The van der Waals surface area contributed by atoms with Gasteiger partial charge in [-0.3, -0.25) is 0 Å². The Hall–Kier alpha value is -1.28. The van der Waals surface area contributed by atoms with Crippen molar-refractivity contribution < 1.29 is 4.57 Å². The smallest absolute Gasteiger partial charge is 0.194 e. The first-order chi connectivity index (χ1) is 7.45. The van der Waals surface area contributed by atoms with Gasteiger partial charge in [0.25, 0.3) is 0 Å². The summed E-state index contributed by atoms with van der Waals surface area (Å²) in [5.74, 6) is 2.08. The van der Waals surface area contributed by atoms with Gasteiger partial charge in [-0.05, 0) is 5.56 Å². The van der Waals surface area contributed by atoms with Gasteiger partial charge in [0.2, 0.25) is 0 Å². The summed E-state index contributed by atoms with van der Waals surface area (Å²) in [5, 5.41) is 0. The topological polar surface area (TPSA) is 3.88 Å². The molecule has 0 aliphatic heterocycles. The Kier molecular flexibility index (Phi) is 3.80. The predicted molar refractivity (Wildman–Crippen MR) is 64.4 cm³/mol. The molecule has 0 aliphatic rings. The van der Waals surface area contributed by atoms with Crippen LogP contribution in [0.1, 0.15) is 5.56 Å². The molecule has 2 rings (SSSR count). The second-order valence-corrected chi connectivity index (χ2v) is 4.31. The van der Waals surface area contributed by atoms with E-state index in [2.05, 4.69) is 59.4 Å². The van der Waals surface area contributed by atoms with E-state index in [1.807, 2.05) is 17.8 Å². The predicted octanol–water partition coefficient (Wildman–Crippen LogP) is 2.87. The Morgan fingerprint density at radius 3 is 2.27 bits per heavy atom. The van der Waals surface area contributed by atoms with Crippen molar-refractivity contribution in [3.8, 4) is 0 Å². The standard InChI is InChI=1S/C13H14NS/c1-3-7-13(8-4-1)11-15-12-14-9-5-2-6-10-14/h1-10H,11-12H2/q+1. The van der Waals surface area contributed by atoms with Gasteiger partial charge in [0.05, 0.1) is 0 Å². The van der Waals surface area contributed by atoms with Gasteiger partial charge in [-0.1, -0.05) is 48.2 Å². The average molecular weight is 216 g/mol. The molecule has 0 saturated heterocycles. The van der Waals surface area contributed by atoms with Crippen LogP contribution in [0.2, 0.25) is 0 Å². The summed E-state index contributed by atoms with van der Waals surface area (Å²) in [6.45, 7) is 0. The van der Waals surface area contributed by atoms with Crippen LogP contribution in [0.4, 0.5) is 0 Å². The molecule has 0 aliphatic carbocycles. The molecule has 0 fully saturated rings. The van der Waals surface area contributed by atoms with E-state index >= 15 is 0 Å². The second kappa shape index (κ2) is 5.56. The minimum atomic E-state index is 1.01. The molecular formula is C13H14NS+. The Balaban J connectivity index is 1.81. The molecule has 15 heavy (non-hydrogen) atoms. The maximum absolute atomic E-state index is 2.19. The highest BCUT2D eigenvalue weighted by Gasteiger charge is 1.98. The summed E-state index contributed by atoms with van der Waals surface area (Å²) < 4.78 is 2.19. The van der Waals surface area contributed by atoms with Gasteiger partial charge in [0.1, 0.15) is 0 Å². The molecular weight excluding hydrogens is 202 g/mol. The monoisotopic (exact) mass is 216 g/mol. The number of hydrogen-bond donors (Lipinski definition) is 0. The van der Waals surface area contributed by atoms with Crippen LogP contribution in [0.25, 0.3) is 0 Å². The van der Waals surface area contributed by atoms with Crippen LogP contribution in [0, 0.1) is 0 Å². The molecule has 1 nitrogen and oxygen atoms in total. The fourth-order valence-electron chi connectivity index (χ4n) is 1.36. The molecule has 0 unspecified atom stereocenters. The first kappa shape index (κ1) is 10.2. The van der Waals surface area contributed by atoms with Gasteiger partial charge in [-0.15, -0.1) is 0 Å². The zero-order chi connectivity index (χ0) is 10.3. The third-order valence-corrected chi connectivity index (χ3v) is 3.15. The van der Waals surface area contributed by atoms with E-state index < -0.39 is 0 Å². The fraction of sp³-hybridized carbons (Fsp3) is 0.154. The number of nitrogens with zero attached hydrogens (tertiary/aromatic N) is 1. The lowest BCUT2D eigenvalue weighted by Gasteiger charge is -1.98. The summed E-state index contributed by atoms with van der Waals surface area (Å²) in [4.78, 5) is 0. The van der Waals surface area contributed by atoms with Gasteiger partial charge in [0, 0.05) is 17.9 Å². The molecule has 2 heteroatoms. The van der Waals surface area contributed by atoms with Crippen LogP contribution in [-0.2, 0) is 11.6 Å². The normalized spacial score (nSPS) is 10.1. The molecule has 0 N–H and O–H groups in total. The maximum atomic E-state index is 2.19. The molecule has 2 aromatic rings. The SMILES string of the molecule is c1ccc(CSC[n+]2ccccc2)cc1. The Labute approximate surface area is 94.8 Å². The number of thioether (sulfide) groups is 1. The summed E-state index contributed by atoms with van der Waals surface area (Å²) in [6, 6.07) is 16.7. The Morgan fingerprint density at radius 1 is 0.867 bits per heavy atom. The highest BCUT2D eigenvalue weighted by molar-refractivity contribution is 7.97. The lowest BCUT2D eigenvalue weighted by Crippen LogP contribution is -2.30. The van der Waals surface area contributed by atoms with Gasteiger partial charge in [-0.25, -0.2) is 0 Å². The summed E-state index contributed by atoms with van der Waals surface area (Å²) in [5.41, 5.74) is 1.39. The first-order valence-electron chi connectivity index (χ1n) is 5.01. The molecule has 0 spiro atoms. The van der Waals surface area contributed by atoms with Crippen molar-refractivity contribution in [2.24, 2.45) is 0 Å². The minimum Gasteiger partial charge on any atom is -0.195 e. The van der Waals surface area contributed by atoms with Gasteiger partial charge in [-0.2, -0.15) is 4.57 Å². The molecule has 76 valence electrons. The largest absolute Gasteiger partial charge is 0.195 e. The molecule has 1 heterocycles. The van der Waals surface area contributed by atoms with E-state index in [0.717, 1.165) is 11.6 Å². The third kappa shape index (κ3) is 3.40. The highest BCUT2D eigenvalue weighted by atomic mass is 32.2.